The van der Waals surface area contributed by atoms with Crippen molar-refractivity contribution < 1.29 is 17.9 Å². The summed E-state index contributed by atoms with van der Waals surface area (Å²) in [4.78, 5) is 2.39. The van der Waals surface area contributed by atoms with Crippen LogP contribution in [0.25, 0.3) is 0 Å². The lowest BCUT2D eigenvalue weighted by Crippen LogP contribution is -2.44. The quantitative estimate of drug-likeness (QED) is 0.784. The number of hydrogen-bond acceptors (Lipinski definition) is 5. The van der Waals surface area contributed by atoms with Crippen LogP contribution in [-0.2, 0) is 16.6 Å². The van der Waals surface area contributed by atoms with Gasteiger partial charge in [-0.1, -0.05) is 6.92 Å². The van der Waals surface area contributed by atoms with Gasteiger partial charge in [-0.3, -0.25) is 0 Å². The lowest BCUT2D eigenvalue weighted by Gasteiger charge is -2.31. The highest BCUT2D eigenvalue weighted by atomic mass is 79.9. The number of likely N-dealkylation sites (tertiary alicyclic amines) is 1. The van der Waals surface area contributed by atoms with E-state index in [0.29, 0.717) is 0 Å². The molecule has 1 aromatic heterocycles. The van der Waals surface area contributed by atoms with E-state index in [-0.39, 0.29) is 28.0 Å². The summed E-state index contributed by atoms with van der Waals surface area (Å²) in [6, 6.07) is 1.29. The average molecular weight is 381 g/mol. The molecule has 0 aromatic carbocycles. The van der Waals surface area contributed by atoms with E-state index in [1.54, 1.807) is 0 Å². The van der Waals surface area contributed by atoms with Crippen molar-refractivity contribution in [3.63, 3.8) is 0 Å². The third-order valence-electron chi connectivity index (χ3n) is 3.60. The number of rotatable bonds is 6. The van der Waals surface area contributed by atoms with Gasteiger partial charge in [0.15, 0.2) is 4.67 Å². The lowest BCUT2D eigenvalue weighted by molar-refractivity contribution is 0.208. The number of halogens is 1. The van der Waals surface area contributed by atoms with Crippen LogP contribution in [0, 0.1) is 0 Å². The summed E-state index contributed by atoms with van der Waals surface area (Å²) in [7, 11) is -3.63. The molecule has 0 bridgehead atoms. The molecular weight excluding hydrogens is 360 g/mol. The summed E-state index contributed by atoms with van der Waals surface area (Å²) < 4.78 is 32.7. The molecule has 0 atom stereocenters. The lowest BCUT2D eigenvalue weighted by atomic mass is 10.1. The normalized spacial score (nSPS) is 18.2. The number of furan rings is 1. The monoisotopic (exact) mass is 380 g/mol. The van der Waals surface area contributed by atoms with Crippen LogP contribution in [0.15, 0.2) is 20.0 Å². The number of sulfonamides is 1. The zero-order valence-electron chi connectivity index (χ0n) is 12.0. The third kappa shape index (κ3) is 4.29. The topological polar surface area (TPSA) is 82.8 Å². The van der Waals surface area contributed by atoms with E-state index in [4.69, 9.17) is 9.52 Å². The van der Waals surface area contributed by atoms with E-state index in [0.717, 1.165) is 38.9 Å². The Morgan fingerprint density at radius 3 is 2.67 bits per heavy atom. The van der Waals surface area contributed by atoms with E-state index in [2.05, 4.69) is 32.5 Å². The fourth-order valence-corrected chi connectivity index (χ4v) is 4.84. The fourth-order valence-electron chi connectivity index (χ4n) is 2.53. The standard InChI is InChI=1S/C13H21BrN2O4S/c1-2-5-16-6-3-10(4-7-16)15-21(18,19)12-8-11(9-17)20-13(12)14/h8,10,15,17H,2-7,9H2,1H3. The second-order valence-electron chi connectivity index (χ2n) is 5.25. The summed E-state index contributed by atoms with van der Waals surface area (Å²) in [5.74, 6) is 0.222. The van der Waals surface area contributed by atoms with Crippen molar-refractivity contribution in [2.45, 2.75) is 43.7 Å². The third-order valence-corrected chi connectivity index (χ3v) is 5.98. The SMILES string of the molecule is CCCN1CCC(NS(=O)(=O)c2cc(CO)oc2Br)CC1. The maximum absolute atomic E-state index is 12.4. The molecule has 1 saturated heterocycles. The van der Waals surface area contributed by atoms with E-state index < -0.39 is 10.0 Å². The van der Waals surface area contributed by atoms with Gasteiger partial charge in [0.2, 0.25) is 10.0 Å². The van der Waals surface area contributed by atoms with Gasteiger partial charge in [-0.15, -0.1) is 0 Å². The Balaban J connectivity index is 2.00. The molecule has 0 saturated carbocycles. The van der Waals surface area contributed by atoms with Gasteiger partial charge >= 0.3 is 0 Å². The molecule has 2 rings (SSSR count). The van der Waals surface area contributed by atoms with Crippen molar-refractivity contribution in [1.29, 1.82) is 0 Å². The molecular formula is C13H21BrN2O4S. The zero-order valence-corrected chi connectivity index (χ0v) is 14.4. The maximum Gasteiger partial charge on any atom is 0.245 e. The van der Waals surface area contributed by atoms with Crippen LogP contribution in [0.4, 0.5) is 0 Å². The summed E-state index contributed by atoms with van der Waals surface area (Å²) in [6.45, 7) is 4.70. The molecule has 0 aliphatic carbocycles. The zero-order chi connectivity index (χ0) is 15.5. The first-order valence-electron chi connectivity index (χ1n) is 7.10. The maximum atomic E-state index is 12.4. The highest BCUT2D eigenvalue weighted by molar-refractivity contribution is 9.10. The molecule has 1 fully saturated rings. The van der Waals surface area contributed by atoms with Crippen LogP contribution in [0.1, 0.15) is 31.9 Å². The highest BCUT2D eigenvalue weighted by Crippen LogP contribution is 2.27. The fraction of sp³-hybridized carbons (Fsp3) is 0.692. The van der Waals surface area contributed by atoms with E-state index >= 15 is 0 Å². The van der Waals surface area contributed by atoms with Gasteiger partial charge in [0.1, 0.15) is 17.3 Å². The van der Waals surface area contributed by atoms with Crippen LogP contribution in [0.5, 0.6) is 0 Å². The van der Waals surface area contributed by atoms with Crippen LogP contribution >= 0.6 is 15.9 Å². The Hall–Kier alpha value is -0.410. The van der Waals surface area contributed by atoms with Gasteiger partial charge in [-0.2, -0.15) is 0 Å². The number of nitrogens with one attached hydrogen (secondary N) is 1. The molecule has 21 heavy (non-hydrogen) atoms. The van der Waals surface area contributed by atoms with Gasteiger partial charge < -0.3 is 14.4 Å². The first-order chi connectivity index (χ1) is 9.96. The smallest absolute Gasteiger partial charge is 0.245 e. The number of aliphatic hydroxyl groups excluding tert-OH is 1. The average Bonchev–Trinajstić information content (AvgIpc) is 2.83. The van der Waals surface area contributed by atoms with E-state index in [1.807, 2.05) is 0 Å². The molecule has 120 valence electrons. The minimum absolute atomic E-state index is 0.0440. The number of piperidine rings is 1. The van der Waals surface area contributed by atoms with Crippen molar-refractivity contribution in [3.05, 3.63) is 16.5 Å². The van der Waals surface area contributed by atoms with E-state index in [1.165, 1.54) is 6.07 Å². The second-order valence-corrected chi connectivity index (χ2v) is 7.65. The van der Waals surface area contributed by atoms with Crippen molar-refractivity contribution >= 4 is 26.0 Å². The largest absolute Gasteiger partial charge is 0.450 e. The van der Waals surface area contributed by atoms with Crippen LogP contribution in [0.2, 0.25) is 0 Å². The summed E-state index contributed by atoms with van der Waals surface area (Å²) >= 11 is 3.08. The first-order valence-corrected chi connectivity index (χ1v) is 9.37. The first kappa shape index (κ1) is 17.0. The Labute approximate surface area is 133 Å². The van der Waals surface area contributed by atoms with Gasteiger partial charge in [-0.05, 0) is 54.8 Å². The molecule has 1 aliphatic heterocycles. The van der Waals surface area contributed by atoms with Gasteiger partial charge in [-0.25, -0.2) is 13.1 Å². The summed E-state index contributed by atoms with van der Waals surface area (Å²) in [5, 5.41) is 9.01. The molecule has 0 radical (unpaired) electrons. The molecule has 2 N–H and O–H groups in total. The van der Waals surface area contributed by atoms with Gasteiger partial charge in [0.05, 0.1) is 0 Å². The van der Waals surface area contributed by atoms with Crippen molar-refractivity contribution in [3.8, 4) is 0 Å². The van der Waals surface area contributed by atoms with Crippen LogP contribution in [0.3, 0.4) is 0 Å². The molecule has 8 heteroatoms. The second kappa shape index (κ2) is 7.23. The Kier molecular flexibility index (Phi) is 5.84. The molecule has 2 heterocycles. The number of nitrogens with zero attached hydrogens (tertiary/aromatic N) is 1. The van der Waals surface area contributed by atoms with Crippen LogP contribution in [-0.4, -0.2) is 44.1 Å². The molecule has 1 aromatic rings. The Morgan fingerprint density at radius 2 is 2.14 bits per heavy atom. The highest BCUT2D eigenvalue weighted by Gasteiger charge is 2.27. The predicted octanol–water partition coefficient (Wildman–Crippen LogP) is 1.69. The van der Waals surface area contributed by atoms with Crippen molar-refractivity contribution in [2.75, 3.05) is 19.6 Å². The van der Waals surface area contributed by atoms with Crippen molar-refractivity contribution in [2.24, 2.45) is 0 Å². The van der Waals surface area contributed by atoms with Gasteiger partial charge in [0, 0.05) is 12.1 Å². The number of aliphatic hydroxyl groups is 1. The number of hydrogen-bond donors (Lipinski definition) is 2. The summed E-state index contributed by atoms with van der Waals surface area (Å²) in [5.41, 5.74) is 0. The predicted molar refractivity (Wildman–Crippen MR) is 82.4 cm³/mol. The Morgan fingerprint density at radius 1 is 1.48 bits per heavy atom. The molecule has 0 spiro atoms. The van der Waals surface area contributed by atoms with Crippen molar-refractivity contribution in [1.82, 2.24) is 9.62 Å². The van der Waals surface area contributed by atoms with Gasteiger partial charge in [0.25, 0.3) is 0 Å². The Bertz CT molecular complexity index is 565. The molecule has 0 amide bonds. The molecule has 0 unspecified atom stereocenters. The summed E-state index contributed by atoms with van der Waals surface area (Å²) in [6.07, 6.45) is 2.73. The molecule has 1 aliphatic rings. The minimum atomic E-state index is -3.63. The van der Waals surface area contributed by atoms with E-state index in [9.17, 15) is 8.42 Å². The minimum Gasteiger partial charge on any atom is -0.450 e. The molecule has 6 nitrogen and oxygen atoms in total. The van der Waals surface area contributed by atoms with Crippen LogP contribution < -0.4 is 4.72 Å².